The quantitative estimate of drug-likeness (QED) is 0.446. The molecular weight excluding hydrogens is 513 g/mol. The van der Waals surface area contributed by atoms with Crippen LogP contribution in [0.25, 0.3) is 0 Å². The molecule has 7 nitrogen and oxygen atoms in total. The number of carbonyl (C=O) groups is 1. The summed E-state index contributed by atoms with van der Waals surface area (Å²) in [6.45, 7) is 0. The van der Waals surface area contributed by atoms with Gasteiger partial charge in [-0.2, -0.15) is 18.3 Å². The first-order valence-corrected chi connectivity index (χ1v) is 11.1. The van der Waals surface area contributed by atoms with Gasteiger partial charge in [-0.05, 0) is 39.5 Å². The molecule has 1 aliphatic heterocycles. The number of hydrogen-bond acceptors (Lipinski definition) is 6. The third kappa shape index (κ3) is 4.16. The Balaban J connectivity index is 1.68. The van der Waals surface area contributed by atoms with E-state index in [9.17, 15) is 18.0 Å². The highest BCUT2D eigenvalue weighted by Crippen LogP contribution is 2.47. The van der Waals surface area contributed by atoms with Crippen LogP contribution >= 0.6 is 27.3 Å². The number of nitrogens with zero attached hydrogens (tertiary/aromatic N) is 2. The Kier molecular flexibility index (Phi) is 6.08. The Labute approximate surface area is 193 Å². The smallest absolute Gasteiger partial charge is 0.410 e. The minimum absolute atomic E-state index is 0.101. The fraction of sp³-hybridized carbons (Fsp3) is 0.300. The zero-order valence-corrected chi connectivity index (χ0v) is 19.3. The molecule has 0 unspecified atom stereocenters. The highest BCUT2D eigenvalue weighted by Gasteiger charge is 2.48. The number of carbonyl (C=O) groups excluding carboxylic acids is 1. The molecule has 32 heavy (non-hydrogen) atoms. The summed E-state index contributed by atoms with van der Waals surface area (Å²) in [4.78, 5) is 13.7. The average Bonchev–Trinajstić information content (AvgIpc) is 3.41. The third-order valence-corrected chi connectivity index (χ3v) is 6.79. The monoisotopic (exact) mass is 530 g/mol. The van der Waals surface area contributed by atoms with Crippen LogP contribution in [0, 0.1) is 0 Å². The SMILES string of the molecule is COc1ccc(NC(=O)c2nn3c(c2Br)N[C@@H](c2cccs2)C[C@H]3C(F)(F)F)c(OC)c1. The van der Waals surface area contributed by atoms with E-state index in [0.29, 0.717) is 17.2 Å². The van der Waals surface area contributed by atoms with Crippen molar-refractivity contribution in [2.45, 2.75) is 24.7 Å². The average molecular weight is 531 g/mol. The highest BCUT2D eigenvalue weighted by molar-refractivity contribution is 9.10. The van der Waals surface area contributed by atoms with Gasteiger partial charge in [-0.1, -0.05) is 6.07 Å². The second-order valence-electron chi connectivity index (χ2n) is 6.98. The van der Waals surface area contributed by atoms with Gasteiger partial charge in [0.25, 0.3) is 5.91 Å². The summed E-state index contributed by atoms with van der Waals surface area (Å²) in [7, 11) is 2.92. The minimum Gasteiger partial charge on any atom is -0.497 e. The number of aromatic nitrogens is 2. The number of rotatable bonds is 5. The molecule has 170 valence electrons. The molecule has 0 fully saturated rings. The molecule has 4 rings (SSSR count). The first kappa shape index (κ1) is 22.5. The van der Waals surface area contributed by atoms with E-state index in [0.717, 1.165) is 9.56 Å². The lowest BCUT2D eigenvalue weighted by molar-refractivity contribution is -0.173. The number of fused-ring (bicyclic) bond motifs is 1. The van der Waals surface area contributed by atoms with Crippen LogP contribution in [0.3, 0.4) is 0 Å². The number of amides is 1. The van der Waals surface area contributed by atoms with Crippen LogP contribution in [0.15, 0.2) is 40.2 Å². The van der Waals surface area contributed by atoms with Crippen molar-refractivity contribution in [3.63, 3.8) is 0 Å². The molecule has 3 heterocycles. The van der Waals surface area contributed by atoms with Crippen LogP contribution in [-0.2, 0) is 0 Å². The largest absolute Gasteiger partial charge is 0.497 e. The summed E-state index contributed by atoms with van der Waals surface area (Å²) in [5.41, 5.74) is 0.152. The summed E-state index contributed by atoms with van der Waals surface area (Å²) < 4.78 is 53.0. The first-order valence-electron chi connectivity index (χ1n) is 9.41. The molecule has 2 N–H and O–H groups in total. The number of benzene rings is 1. The molecule has 1 aromatic carbocycles. The fourth-order valence-electron chi connectivity index (χ4n) is 3.49. The van der Waals surface area contributed by atoms with Gasteiger partial charge in [-0.25, -0.2) is 4.68 Å². The second kappa shape index (κ2) is 8.66. The van der Waals surface area contributed by atoms with Gasteiger partial charge in [-0.3, -0.25) is 4.79 Å². The molecule has 0 saturated heterocycles. The lowest BCUT2D eigenvalue weighted by atomic mass is 10.0. The molecule has 1 aliphatic rings. The van der Waals surface area contributed by atoms with E-state index < -0.39 is 24.2 Å². The predicted octanol–water partition coefficient (Wildman–Crippen LogP) is 5.64. The highest BCUT2D eigenvalue weighted by atomic mass is 79.9. The number of nitrogens with one attached hydrogen (secondary N) is 2. The maximum atomic E-state index is 13.9. The number of alkyl halides is 3. The molecule has 1 amide bonds. The number of thiophene rings is 1. The summed E-state index contributed by atoms with van der Waals surface area (Å²) in [6, 6.07) is 5.90. The second-order valence-corrected chi connectivity index (χ2v) is 8.75. The molecule has 3 aromatic rings. The van der Waals surface area contributed by atoms with Gasteiger partial charge in [0.2, 0.25) is 0 Å². The van der Waals surface area contributed by atoms with Crippen molar-refractivity contribution in [3.8, 4) is 11.5 Å². The van der Waals surface area contributed by atoms with Crippen molar-refractivity contribution in [1.82, 2.24) is 9.78 Å². The Morgan fingerprint density at radius 2 is 2.09 bits per heavy atom. The van der Waals surface area contributed by atoms with E-state index >= 15 is 0 Å². The number of methoxy groups -OCH3 is 2. The van der Waals surface area contributed by atoms with E-state index in [4.69, 9.17) is 9.47 Å². The number of ether oxygens (including phenoxy) is 2. The zero-order valence-electron chi connectivity index (χ0n) is 16.9. The van der Waals surface area contributed by atoms with Crippen LogP contribution in [0.2, 0.25) is 0 Å². The van der Waals surface area contributed by atoms with Gasteiger partial charge >= 0.3 is 6.18 Å². The Morgan fingerprint density at radius 1 is 1.31 bits per heavy atom. The minimum atomic E-state index is -4.54. The zero-order chi connectivity index (χ0) is 23.0. The molecule has 2 atom stereocenters. The molecule has 0 bridgehead atoms. The number of anilines is 2. The molecule has 0 radical (unpaired) electrons. The van der Waals surface area contributed by atoms with Gasteiger partial charge in [0.15, 0.2) is 11.7 Å². The summed E-state index contributed by atoms with van der Waals surface area (Å²) >= 11 is 4.64. The normalized spacial score (nSPS) is 17.9. The van der Waals surface area contributed by atoms with Crippen molar-refractivity contribution < 1.29 is 27.4 Å². The van der Waals surface area contributed by atoms with Crippen LogP contribution in [-0.4, -0.2) is 36.1 Å². The van der Waals surface area contributed by atoms with Crippen molar-refractivity contribution >= 4 is 44.7 Å². The van der Waals surface area contributed by atoms with Gasteiger partial charge in [0.05, 0.1) is 30.4 Å². The number of hydrogen-bond donors (Lipinski definition) is 2. The fourth-order valence-corrected chi connectivity index (χ4v) is 4.84. The topological polar surface area (TPSA) is 77.4 Å². The van der Waals surface area contributed by atoms with E-state index in [1.54, 1.807) is 30.3 Å². The summed E-state index contributed by atoms with van der Waals surface area (Å²) in [5, 5.41) is 11.5. The predicted molar refractivity (Wildman–Crippen MR) is 118 cm³/mol. The van der Waals surface area contributed by atoms with Gasteiger partial charge in [0, 0.05) is 17.4 Å². The first-order chi connectivity index (χ1) is 15.2. The Bertz CT molecular complexity index is 1130. The van der Waals surface area contributed by atoms with Gasteiger partial charge in [0.1, 0.15) is 17.3 Å². The van der Waals surface area contributed by atoms with Crippen LogP contribution < -0.4 is 20.1 Å². The van der Waals surface area contributed by atoms with Crippen LogP contribution in [0.4, 0.5) is 24.7 Å². The van der Waals surface area contributed by atoms with E-state index in [1.165, 1.54) is 25.6 Å². The molecule has 0 aliphatic carbocycles. The van der Waals surface area contributed by atoms with Crippen molar-refractivity contribution in [1.29, 1.82) is 0 Å². The third-order valence-electron chi connectivity index (χ3n) is 5.05. The van der Waals surface area contributed by atoms with Crippen LogP contribution in [0.5, 0.6) is 11.5 Å². The molecule has 2 aromatic heterocycles. The van der Waals surface area contributed by atoms with E-state index in [-0.39, 0.29) is 22.4 Å². The lowest BCUT2D eigenvalue weighted by Gasteiger charge is -2.33. The van der Waals surface area contributed by atoms with Gasteiger partial charge < -0.3 is 20.1 Å². The molecular formula is C20H18BrF3N4O3S. The van der Waals surface area contributed by atoms with Crippen molar-refractivity contribution in [2.24, 2.45) is 0 Å². The maximum absolute atomic E-state index is 13.9. The Morgan fingerprint density at radius 3 is 2.72 bits per heavy atom. The molecule has 12 heteroatoms. The van der Waals surface area contributed by atoms with E-state index in [2.05, 4.69) is 31.7 Å². The number of halogens is 4. The standard InChI is InChI=1S/C20H18BrF3N4O3S/c1-30-10-5-6-11(13(8-10)31-2)26-19(29)17-16(21)18-25-12(14-4-3-7-32-14)9-15(20(22,23)24)28(18)27-17/h3-8,12,15,25H,9H2,1-2H3,(H,26,29)/t12-,15+/m1/s1. The molecule has 0 spiro atoms. The summed E-state index contributed by atoms with van der Waals surface area (Å²) in [5.74, 6) is 0.277. The van der Waals surface area contributed by atoms with Crippen LogP contribution in [0.1, 0.15) is 33.9 Å². The maximum Gasteiger partial charge on any atom is 0.410 e. The van der Waals surface area contributed by atoms with E-state index in [1.807, 2.05) is 5.38 Å². The Hall–Kier alpha value is -2.73. The summed E-state index contributed by atoms with van der Waals surface area (Å²) in [6.07, 6.45) is -4.77. The lowest BCUT2D eigenvalue weighted by Crippen LogP contribution is -2.35. The molecule has 0 saturated carbocycles. The van der Waals surface area contributed by atoms with Crippen molar-refractivity contribution in [2.75, 3.05) is 24.9 Å². The van der Waals surface area contributed by atoms with Gasteiger partial charge in [-0.15, -0.1) is 11.3 Å². The van der Waals surface area contributed by atoms with Crippen molar-refractivity contribution in [3.05, 3.63) is 50.8 Å².